The summed E-state index contributed by atoms with van der Waals surface area (Å²) < 4.78 is 0. The van der Waals surface area contributed by atoms with Gasteiger partial charge in [-0.15, -0.1) is 0 Å². The van der Waals surface area contributed by atoms with Crippen LogP contribution in [-0.2, 0) is 0 Å². The van der Waals surface area contributed by atoms with Crippen LogP contribution in [0, 0.1) is 11.8 Å². The van der Waals surface area contributed by atoms with Gasteiger partial charge in [-0.05, 0) is 61.9 Å². The summed E-state index contributed by atoms with van der Waals surface area (Å²) >= 11 is 0. The summed E-state index contributed by atoms with van der Waals surface area (Å²) in [5.41, 5.74) is 2.61. The van der Waals surface area contributed by atoms with Crippen LogP contribution in [0.25, 0.3) is 0 Å². The number of amides is 1. The number of rotatable bonds is 5. The van der Waals surface area contributed by atoms with Gasteiger partial charge in [0.2, 0.25) is 0 Å². The van der Waals surface area contributed by atoms with E-state index in [1.54, 1.807) is 0 Å². The van der Waals surface area contributed by atoms with Crippen molar-refractivity contribution in [3.8, 4) is 11.8 Å². The van der Waals surface area contributed by atoms with Crippen LogP contribution in [0.4, 0.5) is 0 Å². The van der Waals surface area contributed by atoms with Gasteiger partial charge in [0.05, 0.1) is 5.70 Å². The van der Waals surface area contributed by atoms with Crippen molar-refractivity contribution in [3.05, 3.63) is 59.3 Å². The fourth-order valence-electron chi connectivity index (χ4n) is 4.18. The van der Waals surface area contributed by atoms with Gasteiger partial charge in [0, 0.05) is 35.8 Å². The first-order valence-electron chi connectivity index (χ1n) is 11.0. The van der Waals surface area contributed by atoms with Crippen LogP contribution in [0.1, 0.15) is 67.3 Å². The second kappa shape index (κ2) is 9.33. The Kier molecular flexibility index (Phi) is 6.36. The molecule has 152 valence electrons. The third kappa shape index (κ3) is 5.74. The molecular formula is C25H31N3O. The summed E-state index contributed by atoms with van der Waals surface area (Å²) in [4.78, 5) is 12.7. The van der Waals surface area contributed by atoms with Gasteiger partial charge in [0.1, 0.15) is 0 Å². The minimum atomic E-state index is 0.00696. The van der Waals surface area contributed by atoms with Gasteiger partial charge in [0.25, 0.3) is 5.91 Å². The summed E-state index contributed by atoms with van der Waals surface area (Å²) in [6.07, 6.45) is 16.0. The molecule has 1 aliphatic heterocycles. The molecule has 0 unspecified atom stereocenters. The minimum Gasteiger partial charge on any atom is -0.375 e. The fraction of sp³-hybridized carbons (Fsp3) is 0.480. The van der Waals surface area contributed by atoms with Crippen LogP contribution in [0.3, 0.4) is 0 Å². The maximum absolute atomic E-state index is 12.7. The third-order valence-corrected chi connectivity index (χ3v) is 6.03. The number of carbonyl (C=O) groups excluding carboxylic acids is 1. The predicted octanol–water partition coefficient (Wildman–Crippen LogP) is 3.66. The Bertz CT molecular complexity index is 829. The summed E-state index contributed by atoms with van der Waals surface area (Å²) in [5.74, 6) is 6.29. The van der Waals surface area contributed by atoms with Crippen molar-refractivity contribution in [2.45, 2.75) is 62.9 Å². The van der Waals surface area contributed by atoms with E-state index in [1.807, 2.05) is 36.4 Å². The minimum absolute atomic E-state index is 0.00696. The highest BCUT2D eigenvalue weighted by molar-refractivity contribution is 5.94. The van der Waals surface area contributed by atoms with Gasteiger partial charge in [-0.25, -0.2) is 0 Å². The predicted molar refractivity (Wildman–Crippen MR) is 117 cm³/mol. The van der Waals surface area contributed by atoms with Crippen LogP contribution in [-0.4, -0.2) is 30.6 Å². The number of nitrogens with one attached hydrogen (secondary N) is 3. The van der Waals surface area contributed by atoms with Crippen molar-refractivity contribution in [3.63, 3.8) is 0 Å². The van der Waals surface area contributed by atoms with Gasteiger partial charge in [-0.1, -0.05) is 43.8 Å². The van der Waals surface area contributed by atoms with E-state index >= 15 is 0 Å². The maximum Gasteiger partial charge on any atom is 0.251 e. The average molecular weight is 390 g/mol. The summed E-state index contributed by atoms with van der Waals surface area (Å²) in [6, 6.07) is 8.24. The summed E-state index contributed by atoms with van der Waals surface area (Å²) in [6.45, 7) is 1.54. The first-order valence-corrected chi connectivity index (χ1v) is 11.0. The normalized spacial score (nSPS) is 20.5. The zero-order valence-electron chi connectivity index (χ0n) is 17.1. The van der Waals surface area contributed by atoms with E-state index in [0.717, 1.165) is 37.2 Å². The van der Waals surface area contributed by atoms with E-state index in [9.17, 15) is 4.79 Å². The smallest absolute Gasteiger partial charge is 0.251 e. The van der Waals surface area contributed by atoms with E-state index in [2.05, 4.69) is 33.9 Å². The molecule has 4 rings (SSSR count). The Hall–Kier alpha value is -2.51. The third-order valence-electron chi connectivity index (χ3n) is 6.03. The lowest BCUT2D eigenvalue weighted by Crippen LogP contribution is -2.54. The molecule has 2 aliphatic carbocycles. The largest absolute Gasteiger partial charge is 0.375 e. The molecule has 2 fully saturated rings. The SMILES string of the molecule is O=C(NCC1(NC2CC2)CCCCCC1)c1ccc(C#CC2=CC=CCN2)cc1. The van der Waals surface area contributed by atoms with Crippen LogP contribution in [0.2, 0.25) is 0 Å². The lowest BCUT2D eigenvalue weighted by Gasteiger charge is -2.34. The molecule has 0 spiro atoms. The molecule has 0 saturated heterocycles. The zero-order chi connectivity index (χ0) is 19.9. The highest BCUT2D eigenvalue weighted by atomic mass is 16.1. The number of benzene rings is 1. The molecule has 1 aromatic carbocycles. The monoisotopic (exact) mass is 389 g/mol. The molecule has 29 heavy (non-hydrogen) atoms. The van der Waals surface area contributed by atoms with Gasteiger partial charge in [0.15, 0.2) is 0 Å². The van der Waals surface area contributed by atoms with Crippen LogP contribution >= 0.6 is 0 Å². The Balaban J connectivity index is 1.35. The van der Waals surface area contributed by atoms with Crippen molar-refractivity contribution >= 4 is 5.91 Å². The second-order valence-corrected chi connectivity index (χ2v) is 8.51. The molecule has 3 aliphatic rings. The first kappa shape index (κ1) is 19.8. The molecular weight excluding hydrogens is 358 g/mol. The lowest BCUT2D eigenvalue weighted by molar-refractivity contribution is 0.0934. The molecule has 1 amide bonds. The van der Waals surface area contributed by atoms with E-state index in [0.29, 0.717) is 11.6 Å². The molecule has 4 nitrogen and oxygen atoms in total. The molecule has 1 aromatic rings. The quantitative estimate of drug-likeness (QED) is 0.532. The van der Waals surface area contributed by atoms with E-state index in [4.69, 9.17) is 0 Å². The Labute approximate surface area is 174 Å². The molecule has 0 bridgehead atoms. The zero-order valence-corrected chi connectivity index (χ0v) is 17.1. The molecule has 1 heterocycles. The number of allylic oxidation sites excluding steroid dienone is 3. The van der Waals surface area contributed by atoms with Crippen molar-refractivity contribution in [1.29, 1.82) is 0 Å². The van der Waals surface area contributed by atoms with Crippen LogP contribution in [0.15, 0.2) is 48.2 Å². The maximum atomic E-state index is 12.7. The Morgan fingerprint density at radius 1 is 1.07 bits per heavy atom. The molecule has 0 atom stereocenters. The standard InChI is InChI=1S/C25H31N3O/c29-24(27-19-25(28-23-14-15-23)16-4-1-2-5-17-25)21-11-8-20(9-12-21)10-13-22-7-3-6-18-26-22/h3,6-9,11-12,23,26,28H,1-2,4-5,14-19H2,(H,27,29). The Morgan fingerprint density at radius 2 is 1.83 bits per heavy atom. The number of carbonyl (C=O) groups is 1. The van der Waals surface area contributed by atoms with Crippen molar-refractivity contribution in [2.75, 3.05) is 13.1 Å². The molecule has 3 N–H and O–H groups in total. The van der Waals surface area contributed by atoms with Crippen molar-refractivity contribution < 1.29 is 4.79 Å². The van der Waals surface area contributed by atoms with Gasteiger partial charge < -0.3 is 16.0 Å². The van der Waals surface area contributed by atoms with E-state index in [-0.39, 0.29) is 11.4 Å². The number of hydrogen-bond donors (Lipinski definition) is 3. The van der Waals surface area contributed by atoms with Crippen molar-refractivity contribution in [1.82, 2.24) is 16.0 Å². The van der Waals surface area contributed by atoms with E-state index < -0.39 is 0 Å². The van der Waals surface area contributed by atoms with Gasteiger partial charge in [-0.2, -0.15) is 0 Å². The fourth-order valence-corrected chi connectivity index (χ4v) is 4.18. The average Bonchev–Trinajstić information content (AvgIpc) is 3.60. The highest BCUT2D eigenvalue weighted by Gasteiger charge is 2.36. The summed E-state index contributed by atoms with van der Waals surface area (Å²) in [7, 11) is 0. The van der Waals surface area contributed by atoms with Gasteiger partial charge in [-0.3, -0.25) is 4.79 Å². The molecule has 4 heteroatoms. The number of dihydropyridines is 1. The molecule has 0 aromatic heterocycles. The van der Waals surface area contributed by atoms with E-state index in [1.165, 1.54) is 38.5 Å². The topological polar surface area (TPSA) is 53.2 Å². The highest BCUT2D eigenvalue weighted by Crippen LogP contribution is 2.31. The molecule has 0 radical (unpaired) electrons. The summed E-state index contributed by atoms with van der Waals surface area (Å²) in [5, 5.41) is 10.3. The first-order chi connectivity index (χ1) is 14.2. The Morgan fingerprint density at radius 3 is 2.48 bits per heavy atom. The van der Waals surface area contributed by atoms with Crippen LogP contribution in [0.5, 0.6) is 0 Å². The number of hydrogen-bond acceptors (Lipinski definition) is 3. The van der Waals surface area contributed by atoms with Crippen molar-refractivity contribution in [2.24, 2.45) is 0 Å². The lowest BCUT2D eigenvalue weighted by atomic mass is 9.89. The molecule has 2 saturated carbocycles. The second-order valence-electron chi connectivity index (χ2n) is 8.51. The van der Waals surface area contributed by atoms with Crippen LogP contribution < -0.4 is 16.0 Å². The van der Waals surface area contributed by atoms with Gasteiger partial charge >= 0.3 is 0 Å².